The Morgan fingerprint density at radius 1 is 1.22 bits per heavy atom. The quantitative estimate of drug-likeness (QED) is 0.830. The van der Waals surface area contributed by atoms with Crippen LogP contribution in [-0.4, -0.2) is 47.1 Å². The lowest BCUT2D eigenvalue weighted by Crippen LogP contribution is -2.68. The van der Waals surface area contributed by atoms with Crippen LogP contribution in [0.4, 0.5) is 0 Å². The maximum Gasteiger partial charge on any atom is 0.226 e. The van der Waals surface area contributed by atoms with E-state index in [0.717, 1.165) is 18.4 Å². The van der Waals surface area contributed by atoms with Gasteiger partial charge in [0.05, 0.1) is 18.7 Å². The first kappa shape index (κ1) is 16.0. The first-order chi connectivity index (χ1) is 11.2. The van der Waals surface area contributed by atoms with E-state index in [4.69, 9.17) is 0 Å². The SMILES string of the molecule is CCC(=O)NC[C@H]1[C@@H](c2ccccc2)[C@H](CO)N1C(=O)C1CC1. The number of carbonyl (C=O) groups excluding carboxylic acids is 2. The van der Waals surface area contributed by atoms with E-state index >= 15 is 0 Å². The summed E-state index contributed by atoms with van der Waals surface area (Å²) in [6, 6.07) is 9.69. The number of hydrogen-bond donors (Lipinski definition) is 2. The number of nitrogens with one attached hydrogen (secondary N) is 1. The van der Waals surface area contributed by atoms with Gasteiger partial charge in [0.25, 0.3) is 0 Å². The summed E-state index contributed by atoms with van der Waals surface area (Å²) in [6.07, 6.45) is 2.32. The van der Waals surface area contributed by atoms with Crippen molar-refractivity contribution in [1.29, 1.82) is 0 Å². The van der Waals surface area contributed by atoms with Gasteiger partial charge in [-0.3, -0.25) is 9.59 Å². The number of amides is 2. The fourth-order valence-electron chi connectivity index (χ4n) is 3.50. The van der Waals surface area contributed by atoms with Crippen LogP contribution in [0.15, 0.2) is 30.3 Å². The van der Waals surface area contributed by atoms with Crippen molar-refractivity contribution in [3.63, 3.8) is 0 Å². The van der Waals surface area contributed by atoms with Gasteiger partial charge in [0.1, 0.15) is 0 Å². The summed E-state index contributed by atoms with van der Waals surface area (Å²) < 4.78 is 0. The minimum Gasteiger partial charge on any atom is -0.394 e. The fraction of sp³-hybridized carbons (Fsp3) is 0.556. The highest BCUT2D eigenvalue weighted by Gasteiger charge is 2.53. The molecule has 3 rings (SSSR count). The lowest BCUT2D eigenvalue weighted by atomic mass is 9.74. The number of nitrogens with zero attached hydrogens (tertiary/aromatic N) is 1. The zero-order valence-electron chi connectivity index (χ0n) is 13.4. The van der Waals surface area contributed by atoms with Crippen molar-refractivity contribution in [1.82, 2.24) is 10.2 Å². The van der Waals surface area contributed by atoms with Gasteiger partial charge < -0.3 is 15.3 Å². The highest BCUT2D eigenvalue weighted by atomic mass is 16.3. The minimum atomic E-state index is -0.186. The van der Waals surface area contributed by atoms with Gasteiger partial charge in [0, 0.05) is 24.8 Å². The second-order valence-corrected chi connectivity index (χ2v) is 6.43. The van der Waals surface area contributed by atoms with Crippen LogP contribution in [0.25, 0.3) is 0 Å². The topological polar surface area (TPSA) is 69.6 Å². The number of likely N-dealkylation sites (tertiary alicyclic amines) is 1. The third-order valence-corrected chi connectivity index (χ3v) is 4.93. The monoisotopic (exact) mass is 316 g/mol. The third-order valence-electron chi connectivity index (χ3n) is 4.93. The zero-order valence-corrected chi connectivity index (χ0v) is 13.4. The van der Waals surface area contributed by atoms with E-state index in [2.05, 4.69) is 5.32 Å². The van der Waals surface area contributed by atoms with E-state index < -0.39 is 0 Å². The highest BCUT2D eigenvalue weighted by molar-refractivity contribution is 5.83. The van der Waals surface area contributed by atoms with Gasteiger partial charge in [-0.2, -0.15) is 0 Å². The molecule has 2 amide bonds. The molecule has 5 nitrogen and oxygen atoms in total. The minimum absolute atomic E-state index is 0.0110. The van der Waals surface area contributed by atoms with Gasteiger partial charge in [0.15, 0.2) is 0 Å². The Hall–Kier alpha value is -1.88. The Morgan fingerprint density at radius 3 is 2.48 bits per heavy atom. The summed E-state index contributed by atoms with van der Waals surface area (Å²) in [5.74, 6) is 0.307. The zero-order chi connectivity index (χ0) is 16.4. The van der Waals surface area contributed by atoms with Crippen LogP contribution in [0.2, 0.25) is 0 Å². The standard InChI is InChI=1S/C18H24N2O3/c1-2-16(22)19-10-14-17(12-6-4-3-5-7-12)15(11-21)20(14)18(23)13-8-9-13/h3-7,13-15,17,21H,2,8-11H2,1H3,(H,19,22)/t14-,15-,17+/m0/s1. The van der Waals surface area contributed by atoms with Crippen LogP contribution < -0.4 is 5.32 Å². The summed E-state index contributed by atoms with van der Waals surface area (Å²) in [4.78, 5) is 26.0. The van der Waals surface area contributed by atoms with Crippen LogP contribution in [0, 0.1) is 5.92 Å². The van der Waals surface area contributed by atoms with E-state index in [9.17, 15) is 14.7 Å². The molecule has 3 atom stereocenters. The molecule has 1 aromatic rings. The first-order valence-corrected chi connectivity index (χ1v) is 8.42. The van der Waals surface area contributed by atoms with E-state index in [1.54, 1.807) is 0 Å². The molecule has 124 valence electrons. The van der Waals surface area contributed by atoms with Gasteiger partial charge in [-0.15, -0.1) is 0 Å². The molecule has 0 aromatic heterocycles. The molecule has 0 spiro atoms. The number of hydrogen-bond acceptors (Lipinski definition) is 3. The van der Waals surface area contributed by atoms with Gasteiger partial charge in [-0.05, 0) is 18.4 Å². The molecule has 1 aliphatic carbocycles. The normalized spacial score (nSPS) is 26.5. The summed E-state index contributed by atoms with van der Waals surface area (Å²) in [5, 5.41) is 12.7. The second kappa shape index (κ2) is 6.71. The van der Waals surface area contributed by atoms with Crippen molar-refractivity contribution >= 4 is 11.8 Å². The van der Waals surface area contributed by atoms with Crippen molar-refractivity contribution in [2.24, 2.45) is 5.92 Å². The summed E-state index contributed by atoms with van der Waals surface area (Å²) >= 11 is 0. The van der Waals surface area contributed by atoms with E-state index in [0.29, 0.717) is 13.0 Å². The molecule has 2 N–H and O–H groups in total. The molecule has 5 heteroatoms. The molecule has 0 bridgehead atoms. The van der Waals surface area contributed by atoms with Crippen molar-refractivity contribution in [3.8, 4) is 0 Å². The molecule has 0 radical (unpaired) electrons. The Balaban J connectivity index is 1.80. The molecule has 1 aliphatic heterocycles. The largest absolute Gasteiger partial charge is 0.394 e. The molecule has 2 fully saturated rings. The Labute approximate surface area is 136 Å². The van der Waals surface area contributed by atoms with Crippen LogP contribution in [0.1, 0.15) is 37.7 Å². The Kier molecular flexibility index (Phi) is 4.66. The van der Waals surface area contributed by atoms with Crippen LogP contribution in [0.3, 0.4) is 0 Å². The van der Waals surface area contributed by atoms with Crippen LogP contribution in [0.5, 0.6) is 0 Å². The number of rotatable bonds is 6. The molecule has 23 heavy (non-hydrogen) atoms. The Bertz CT molecular complexity index is 571. The van der Waals surface area contributed by atoms with E-state index in [1.807, 2.05) is 42.2 Å². The van der Waals surface area contributed by atoms with Gasteiger partial charge in [-0.25, -0.2) is 0 Å². The van der Waals surface area contributed by atoms with Crippen molar-refractivity contribution in [3.05, 3.63) is 35.9 Å². The maximum atomic E-state index is 12.6. The third kappa shape index (κ3) is 3.11. The molecule has 1 saturated heterocycles. The van der Waals surface area contributed by atoms with Crippen molar-refractivity contribution < 1.29 is 14.7 Å². The molecule has 1 heterocycles. The van der Waals surface area contributed by atoms with E-state index in [1.165, 1.54) is 0 Å². The predicted molar refractivity (Wildman–Crippen MR) is 86.7 cm³/mol. The molecule has 2 aliphatic rings. The molecular weight excluding hydrogens is 292 g/mol. The number of benzene rings is 1. The molecule has 1 saturated carbocycles. The Morgan fingerprint density at radius 2 is 1.91 bits per heavy atom. The van der Waals surface area contributed by atoms with Crippen molar-refractivity contribution in [2.45, 2.75) is 44.2 Å². The summed E-state index contributed by atoms with van der Waals surface area (Å²) in [7, 11) is 0. The predicted octanol–water partition coefficient (Wildman–Crippen LogP) is 1.28. The average Bonchev–Trinajstić information content (AvgIpc) is 3.39. The lowest BCUT2D eigenvalue weighted by Gasteiger charge is -2.55. The van der Waals surface area contributed by atoms with Crippen molar-refractivity contribution in [2.75, 3.05) is 13.2 Å². The van der Waals surface area contributed by atoms with E-state index in [-0.39, 0.29) is 42.3 Å². The summed E-state index contributed by atoms with van der Waals surface area (Å²) in [5.41, 5.74) is 1.11. The fourth-order valence-corrected chi connectivity index (χ4v) is 3.50. The highest BCUT2D eigenvalue weighted by Crippen LogP contribution is 2.44. The van der Waals surface area contributed by atoms with Crippen LogP contribution >= 0.6 is 0 Å². The van der Waals surface area contributed by atoms with Gasteiger partial charge in [0.2, 0.25) is 11.8 Å². The molecule has 1 aromatic carbocycles. The second-order valence-electron chi connectivity index (χ2n) is 6.43. The summed E-state index contributed by atoms with van der Waals surface area (Å²) in [6.45, 7) is 2.21. The lowest BCUT2D eigenvalue weighted by molar-refractivity contribution is -0.152. The number of carbonyl (C=O) groups is 2. The van der Waals surface area contributed by atoms with Crippen LogP contribution in [-0.2, 0) is 9.59 Å². The number of aliphatic hydroxyl groups excluding tert-OH is 1. The van der Waals surface area contributed by atoms with Gasteiger partial charge in [-0.1, -0.05) is 37.3 Å². The first-order valence-electron chi connectivity index (χ1n) is 8.42. The molecular formula is C18H24N2O3. The molecule has 0 unspecified atom stereocenters. The average molecular weight is 316 g/mol. The maximum absolute atomic E-state index is 12.6. The number of aliphatic hydroxyl groups is 1. The van der Waals surface area contributed by atoms with Gasteiger partial charge >= 0.3 is 0 Å². The smallest absolute Gasteiger partial charge is 0.226 e.